The average molecular weight is 314 g/mol. The van der Waals surface area contributed by atoms with Crippen molar-refractivity contribution in [1.82, 2.24) is 5.32 Å². The number of aliphatic hydroxyl groups excluding tert-OH is 1. The van der Waals surface area contributed by atoms with Gasteiger partial charge in [0.15, 0.2) is 0 Å². The fourth-order valence-corrected chi connectivity index (χ4v) is 2.16. The van der Waals surface area contributed by atoms with Crippen LogP contribution in [0.4, 0.5) is 5.69 Å². The predicted octanol–water partition coefficient (Wildman–Crippen LogP) is 2.22. The number of aliphatic hydroxyl groups is 1. The summed E-state index contributed by atoms with van der Waals surface area (Å²) in [6.07, 6.45) is -0.641. The largest absolute Gasteiger partial charge is 0.423 e. The van der Waals surface area contributed by atoms with Crippen LogP contribution in [0.2, 0.25) is 0 Å². The van der Waals surface area contributed by atoms with E-state index in [1.807, 2.05) is 31.1 Å². The molecule has 0 heterocycles. The molecule has 2 aromatic rings. The number of nitrogens with one attached hydrogen (secondary N) is 1. The first kappa shape index (κ1) is 17.0. The van der Waals surface area contributed by atoms with E-state index in [1.54, 1.807) is 43.4 Å². The van der Waals surface area contributed by atoms with Gasteiger partial charge in [0.2, 0.25) is 0 Å². The van der Waals surface area contributed by atoms with Crippen molar-refractivity contribution >= 4 is 11.7 Å². The highest BCUT2D eigenvalue weighted by Crippen LogP contribution is 2.20. The van der Waals surface area contributed by atoms with Crippen LogP contribution in [0.15, 0.2) is 48.5 Å². The van der Waals surface area contributed by atoms with Gasteiger partial charge in [0, 0.05) is 26.3 Å². The molecule has 1 atom stereocenters. The maximum Gasteiger partial charge on any atom is 0.343 e. The first-order valence-electron chi connectivity index (χ1n) is 7.43. The van der Waals surface area contributed by atoms with Crippen molar-refractivity contribution in [2.24, 2.45) is 0 Å². The second-order valence-corrected chi connectivity index (χ2v) is 5.48. The minimum atomic E-state index is -0.641. The second-order valence-electron chi connectivity index (χ2n) is 5.48. The zero-order valence-electron chi connectivity index (χ0n) is 13.6. The summed E-state index contributed by atoms with van der Waals surface area (Å²) in [6, 6.07) is 14.1. The molecule has 0 saturated heterocycles. The highest BCUT2D eigenvalue weighted by atomic mass is 16.5. The standard InChI is InChI=1S/C18H22N2O3/c1-19-12-17(21)14-5-4-6-16(11-14)23-18(22)13-7-9-15(10-8-13)20(2)3/h4-11,17,19,21H,12H2,1-3H3. The molecule has 0 saturated carbocycles. The number of carbonyl (C=O) groups is 1. The number of nitrogens with zero attached hydrogens (tertiary/aromatic N) is 1. The molecular formula is C18H22N2O3. The van der Waals surface area contributed by atoms with Crippen LogP contribution in [0.25, 0.3) is 0 Å². The molecule has 0 spiro atoms. The maximum absolute atomic E-state index is 12.2. The zero-order valence-corrected chi connectivity index (χ0v) is 13.6. The molecule has 1 unspecified atom stereocenters. The summed E-state index contributed by atoms with van der Waals surface area (Å²) in [4.78, 5) is 14.2. The molecule has 2 rings (SSSR count). The summed E-state index contributed by atoms with van der Waals surface area (Å²) in [7, 11) is 5.65. The van der Waals surface area contributed by atoms with E-state index in [-0.39, 0.29) is 0 Å². The number of ether oxygens (including phenoxy) is 1. The average Bonchev–Trinajstić information content (AvgIpc) is 2.55. The van der Waals surface area contributed by atoms with E-state index < -0.39 is 12.1 Å². The first-order valence-corrected chi connectivity index (χ1v) is 7.43. The van der Waals surface area contributed by atoms with Crippen molar-refractivity contribution in [3.63, 3.8) is 0 Å². The summed E-state index contributed by atoms with van der Waals surface area (Å²) in [5.41, 5.74) is 2.20. The van der Waals surface area contributed by atoms with Crippen LogP contribution in [-0.2, 0) is 0 Å². The van der Waals surface area contributed by atoms with Gasteiger partial charge in [-0.05, 0) is 49.0 Å². The Morgan fingerprint density at radius 1 is 1.22 bits per heavy atom. The Labute approximate surface area is 136 Å². The molecule has 0 aliphatic rings. The third-order valence-electron chi connectivity index (χ3n) is 3.47. The lowest BCUT2D eigenvalue weighted by atomic mass is 10.1. The molecule has 122 valence electrons. The van der Waals surface area contributed by atoms with Crippen LogP contribution < -0.4 is 15.0 Å². The quantitative estimate of drug-likeness (QED) is 0.632. The smallest absolute Gasteiger partial charge is 0.343 e. The molecule has 5 heteroatoms. The number of benzene rings is 2. The molecule has 2 aromatic carbocycles. The highest BCUT2D eigenvalue weighted by Gasteiger charge is 2.11. The van der Waals surface area contributed by atoms with Crippen LogP contribution in [0.1, 0.15) is 22.0 Å². The molecule has 0 aliphatic carbocycles. The van der Waals surface area contributed by atoms with Crippen LogP contribution in [0.3, 0.4) is 0 Å². The van der Waals surface area contributed by atoms with E-state index >= 15 is 0 Å². The van der Waals surface area contributed by atoms with Gasteiger partial charge in [0.05, 0.1) is 11.7 Å². The SMILES string of the molecule is CNCC(O)c1cccc(OC(=O)c2ccc(N(C)C)cc2)c1. The Kier molecular flexibility index (Phi) is 5.73. The second kappa shape index (κ2) is 7.76. The summed E-state index contributed by atoms with van der Waals surface area (Å²) >= 11 is 0. The fourth-order valence-electron chi connectivity index (χ4n) is 2.16. The van der Waals surface area contributed by atoms with Crippen LogP contribution in [0.5, 0.6) is 5.75 Å². The van der Waals surface area contributed by atoms with Gasteiger partial charge in [-0.25, -0.2) is 4.79 Å². The van der Waals surface area contributed by atoms with Gasteiger partial charge in [0.1, 0.15) is 5.75 Å². The number of rotatable bonds is 6. The van der Waals surface area contributed by atoms with Gasteiger partial charge in [-0.3, -0.25) is 0 Å². The fraction of sp³-hybridized carbons (Fsp3) is 0.278. The summed E-state index contributed by atoms with van der Waals surface area (Å²) in [5, 5.41) is 12.9. The minimum Gasteiger partial charge on any atom is -0.423 e. The Morgan fingerprint density at radius 2 is 1.91 bits per heavy atom. The lowest BCUT2D eigenvalue weighted by Gasteiger charge is -2.13. The Bertz CT molecular complexity index is 654. The molecule has 0 radical (unpaired) electrons. The Balaban J connectivity index is 2.09. The normalized spacial score (nSPS) is 11.8. The van der Waals surface area contributed by atoms with Gasteiger partial charge >= 0.3 is 5.97 Å². The molecule has 2 N–H and O–H groups in total. The molecular weight excluding hydrogens is 292 g/mol. The number of carbonyl (C=O) groups excluding carboxylic acids is 1. The number of anilines is 1. The number of hydrogen-bond acceptors (Lipinski definition) is 5. The van der Waals surface area contributed by atoms with Crippen LogP contribution >= 0.6 is 0 Å². The molecule has 23 heavy (non-hydrogen) atoms. The molecule has 0 bridgehead atoms. The van der Waals surface area contributed by atoms with Gasteiger partial charge < -0.3 is 20.1 Å². The molecule has 0 amide bonds. The number of likely N-dealkylation sites (N-methyl/N-ethyl adjacent to an activating group) is 1. The van der Waals surface area contributed by atoms with Gasteiger partial charge in [-0.1, -0.05) is 12.1 Å². The summed E-state index contributed by atoms with van der Waals surface area (Å²) in [6.45, 7) is 0.434. The van der Waals surface area contributed by atoms with E-state index in [4.69, 9.17) is 4.74 Å². The van der Waals surface area contributed by atoms with E-state index in [1.165, 1.54) is 0 Å². The van der Waals surface area contributed by atoms with Crippen LogP contribution in [-0.4, -0.2) is 38.8 Å². The summed E-state index contributed by atoms with van der Waals surface area (Å²) < 4.78 is 5.39. The van der Waals surface area contributed by atoms with Crippen LogP contribution in [0, 0.1) is 0 Å². The third kappa shape index (κ3) is 4.55. The van der Waals surface area contributed by atoms with E-state index in [2.05, 4.69) is 5.32 Å². The lowest BCUT2D eigenvalue weighted by Crippen LogP contribution is -2.17. The molecule has 0 aromatic heterocycles. The highest BCUT2D eigenvalue weighted by molar-refractivity contribution is 5.91. The number of esters is 1. The van der Waals surface area contributed by atoms with Crippen molar-refractivity contribution in [3.8, 4) is 5.75 Å². The molecule has 0 aliphatic heterocycles. The predicted molar refractivity (Wildman–Crippen MR) is 91.1 cm³/mol. The van der Waals surface area contributed by atoms with Gasteiger partial charge in [-0.2, -0.15) is 0 Å². The van der Waals surface area contributed by atoms with Crippen molar-refractivity contribution in [2.75, 3.05) is 32.6 Å². The van der Waals surface area contributed by atoms with Gasteiger partial charge in [-0.15, -0.1) is 0 Å². The van der Waals surface area contributed by atoms with E-state index in [0.29, 0.717) is 23.4 Å². The van der Waals surface area contributed by atoms with Crippen molar-refractivity contribution in [3.05, 3.63) is 59.7 Å². The summed E-state index contributed by atoms with van der Waals surface area (Å²) in [5.74, 6) is -0.00472. The third-order valence-corrected chi connectivity index (χ3v) is 3.47. The van der Waals surface area contributed by atoms with E-state index in [0.717, 1.165) is 5.69 Å². The lowest BCUT2D eigenvalue weighted by molar-refractivity contribution is 0.0734. The maximum atomic E-state index is 12.2. The monoisotopic (exact) mass is 314 g/mol. The van der Waals surface area contributed by atoms with E-state index in [9.17, 15) is 9.90 Å². The Hall–Kier alpha value is -2.37. The number of hydrogen-bond donors (Lipinski definition) is 2. The van der Waals surface area contributed by atoms with Crippen molar-refractivity contribution in [1.29, 1.82) is 0 Å². The Morgan fingerprint density at radius 3 is 2.52 bits per heavy atom. The van der Waals surface area contributed by atoms with Crippen molar-refractivity contribution < 1.29 is 14.6 Å². The first-order chi connectivity index (χ1) is 11.0. The molecule has 0 fully saturated rings. The van der Waals surface area contributed by atoms with Crippen molar-refractivity contribution in [2.45, 2.75) is 6.10 Å². The van der Waals surface area contributed by atoms with Gasteiger partial charge in [0.25, 0.3) is 0 Å². The zero-order chi connectivity index (χ0) is 16.8. The topological polar surface area (TPSA) is 61.8 Å². The minimum absolute atomic E-state index is 0.416. The molecule has 5 nitrogen and oxygen atoms in total.